The lowest BCUT2D eigenvalue weighted by atomic mass is 10.2. The molecule has 0 aliphatic rings. The van der Waals surface area contributed by atoms with Crippen molar-refractivity contribution in [3.8, 4) is 0 Å². The van der Waals surface area contributed by atoms with Crippen LogP contribution in [0.3, 0.4) is 0 Å². The summed E-state index contributed by atoms with van der Waals surface area (Å²) < 4.78 is 0.890. The van der Waals surface area contributed by atoms with Crippen LogP contribution >= 0.6 is 27.3 Å². The van der Waals surface area contributed by atoms with Crippen molar-refractivity contribution in [1.29, 1.82) is 0 Å². The molecule has 0 bridgehead atoms. The fourth-order valence-electron chi connectivity index (χ4n) is 2.11. The van der Waals surface area contributed by atoms with Crippen LogP contribution in [-0.4, -0.2) is 33.4 Å². The number of thiazole rings is 1. The van der Waals surface area contributed by atoms with Crippen molar-refractivity contribution >= 4 is 39.1 Å². The molecule has 0 spiro atoms. The van der Waals surface area contributed by atoms with Gasteiger partial charge in [0.1, 0.15) is 11.4 Å². The van der Waals surface area contributed by atoms with Crippen LogP contribution < -0.4 is 0 Å². The van der Waals surface area contributed by atoms with E-state index in [9.17, 15) is 9.59 Å². The van der Waals surface area contributed by atoms with Crippen LogP contribution in [0.4, 0.5) is 0 Å². The average Bonchev–Trinajstić information content (AvgIpc) is 2.94. The van der Waals surface area contributed by atoms with E-state index in [1.165, 1.54) is 22.4 Å². The van der Waals surface area contributed by atoms with E-state index >= 15 is 0 Å². The quantitative estimate of drug-likeness (QED) is 0.775. The minimum Gasteiger partial charge on any atom is -0.480 e. The lowest BCUT2D eigenvalue weighted by Crippen LogP contribution is -2.34. The summed E-state index contributed by atoms with van der Waals surface area (Å²) in [7, 11) is 0. The van der Waals surface area contributed by atoms with Gasteiger partial charge in [-0.15, -0.1) is 11.3 Å². The van der Waals surface area contributed by atoms with Crippen LogP contribution in [0, 0.1) is 0 Å². The molecule has 1 N–H and O–H groups in total. The zero-order valence-corrected chi connectivity index (χ0v) is 15.1. The minimum absolute atomic E-state index is 0.242. The highest BCUT2D eigenvalue weighted by Gasteiger charge is 2.21. The van der Waals surface area contributed by atoms with Gasteiger partial charge in [-0.05, 0) is 30.5 Å². The molecule has 0 fully saturated rings. The van der Waals surface area contributed by atoms with Gasteiger partial charge in [0.05, 0.1) is 11.2 Å². The van der Waals surface area contributed by atoms with Crippen LogP contribution in [0.1, 0.15) is 33.6 Å². The third-order valence-electron chi connectivity index (χ3n) is 3.10. The number of aliphatic carboxylic acids is 1. The molecule has 2 rings (SSSR count). The molecule has 1 aromatic heterocycles. The van der Waals surface area contributed by atoms with Crippen molar-refractivity contribution in [3.63, 3.8) is 0 Å². The first-order chi connectivity index (χ1) is 11.0. The number of carbonyl (C=O) groups excluding carboxylic acids is 1. The average molecular weight is 397 g/mol. The number of benzene rings is 1. The zero-order valence-electron chi connectivity index (χ0n) is 12.7. The number of halogens is 1. The fourth-order valence-corrected chi connectivity index (χ4v) is 3.55. The number of nitrogens with zero attached hydrogens (tertiary/aromatic N) is 2. The Bertz CT molecular complexity index is 702. The summed E-state index contributed by atoms with van der Waals surface area (Å²) in [5, 5.41) is 9.98. The molecular formula is C16H17BrN2O3S. The minimum atomic E-state index is -1.04. The molecule has 0 aliphatic carbocycles. The van der Waals surface area contributed by atoms with Gasteiger partial charge in [0.2, 0.25) is 0 Å². The van der Waals surface area contributed by atoms with Gasteiger partial charge in [0.25, 0.3) is 5.91 Å². The number of hydrogen-bond donors (Lipinski definition) is 1. The van der Waals surface area contributed by atoms with E-state index in [2.05, 4.69) is 20.9 Å². The van der Waals surface area contributed by atoms with Gasteiger partial charge in [-0.25, -0.2) is 4.98 Å². The smallest absolute Gasteiger partial charge is 0.323 e. The molecule has 7 heteroatoms. The van der Waals surface area contributed by atoms with Crippen molar-refractivity contribution in [1.82, 2.24) is 9.88 Å². The normalized spacial score (nSPS) is 10.5. The van der Waals surface area contributed by atoms with E-state index in [4.69, 9.17) is 5.11 Å². The van der Waals surface area contributed by atoms with Gasteiger partial charge in [0, 0.05) is 11.0 Å². The van der Waals surface area contributed by atoms with Crippen molar-refractivity contribution in [2.75, 3.05) is 6.54 Å². The van der Waals surface area contributed by atoms with Crippen molar-refractivity contribution in [2.24, 2.45) is 0 Å². The molecule has 0 atom stereocenters. The molecule has 0 radical (unpaired) electrons. The SMILES string of the molecule is CCCc1ncc(C(=O)N(CC(=O)O)Cc2cccc(Br)c2)s1. The van der Waals surface area contributed by atoms with Gasteiger partial charge >= 0.3 is 5.97 Å². The third-order valence-corrected chi connectivity index (χ3v) is 4.64. The second-order valence-corrected chi connectivity index (χ2v) is 7.08. The van der Waals surface area contributed by atoms with E-state index in [1.54, 1.807) is 0 Å². The molecule has 0 saturated heterocycles. The Morgan fingerprint density at radius 2 is 2.17 bits per heavy atom. The van der Waals surface area contributed by atoms with Gasteiger partial charge < -0.3 is 10.0 Å². The highest BCUT2D eigenvalue weighted by molar-refractivity contribution is 9.10. The molecule has 122 valence electrons. The Kier molecular flexibility index (Phi) is 6.29. The molecule has 23 heavy (non-hydrogen) atoms. The van der Waals surface area contributed by atoms with E-state index in [0.29, 0.717) is 4.88 Å². The predicted molar refractivity (Wildman–Crippen MR) is 92.6 cm³/mol. The van der Waals surface area contributed by atoms with Gasteiger partial charge in [-0.2, -0.15) is 0 Å². The molecule has 5 nitrogen and oxygen atoms in total. The summed E-state index contributed by atoms with van der Waals surface area (Å²) in [5.41, 5.74) is 0.868. The number of aromatic nitrogens is 1. The lowest BCUT2D eigenvalue weighted by Gasteiger charge is -2.20. The van der Waals surface area contributed by atoms with Crippen molar-refractivity contribution < 1.29 is 14.7 Å². The number of amides is 1. The summed E-state index contributed by atoms with van der Waals surface area (Å²) >= 11 is 4.71. The summed E-state index contributed by atoms with van der Waals surface area (Å²) in [5.74, 6) is -1.33. The second kappa shape index (κ2) is 8.21. The molecule has 0 aliphatic heterocycles. The largest absolute Gasteiger partial charge is 0.480 e. The Hall–Kier alpha value is -1.73. The lowest BCUT2D eigenvalue weighted by molar-refractivity contribution is -0.137. The third kappa shape index (κ3) is 5.14. The zero-order chi connectivity index (χ0) is 16.8. The van der Waals surface area contributed by atoms with E-state index in [-0.39, 0.29) is 19.0 Å². The maximum atomic E-state index is 12.6. The van der Waals surface area contributed by atoms with E-state index in [0.717, 1.165) is 27.9 Å². The molecule has 0 unspecified atom stereocenters. The first-order valence-electron chi connectivity index (χ1n) is 7.19. The van der Waals surface area contributed by atoms with Crippen LogP contribution in [0.15, 0.2) is 34.9 Å². The maximum absolute atomic E-state index is 12.6. The number of carboxylic acids is 1. The topological polar surface area (TPSA) is 70.5 Å². The summed E-state index contributed by atoms with van der Waals surface area (Å²) in [4.78, 5) is 29.7. The fraction of sp³-hybridized carbons (Fsp3) is 0.312. The van der Waals surface area contributed by atoms with Crippen LogP contribution in [0.2, 0.25) is 0 Å². The predicted octanol–water partition coefficient (Wildman–Crippen LogP) is 3.59. The molecule has 0 saturated carbocycles. The Balaban J connectivity index is 2.19. The monoisotopic (exact) mass is 396 g/mol. The Morgan fingerprint density at radius 3 is 2.83 bits per heavy atom. The number of carbonyl (C=O) groups is 2. The molecule has 1 heterocycles. The Morgan fingerprint density at radius 1 is 1.39 bits per heavy atom. The van der Waals surface area contributed by atoms with Crippen LogP contribution in [-0.2, 0) is 17.8 Å². The summed E-state index contributed by atoms with van der Waals surface area (Å²) in [6.45, 7) is 1.95. The van der Waals surface area contributed by atoms with Crippen molar-refractivity contribution in [3.05, 3.63) is 50.4 Å². The summed E-state index contributed by atoms with van der Waals surface area (Å²) in [6, 6.07) is 7.47. The van der Waals surface area contributed by atoms with E-state index in [1.807, 2.05) is 31.2 Å². The number of aryl methyl sites for hydroxylation is 1. The number of hydrogen-bond acceptors (Lipinski definition) is 4. The number of carboxylic acid groups (broad SMARTS) is 1. The second-order valence-electron chi connectivity index (χ2n) is 5.05. The van der Waals surface area contributed by atoms with Crippen LogP contribution in [0.25, 0.3) is 0 Å². The number of rotatable bonds is 7. The maximum Gasteiger partial charge on any atom is 0.323 e. The Labute approximate surface area is 147 Å². The van der Waals surface area contributed by atoms with Crippen molar-refractivity contribution in [2.45, 2.75) is 26.3 Å². The highest BCUT2D eigenvalue weighted by atomic mass is 79.9. The van der Waals surface area contributed by atoms with Gasteiger partial charge in [-0.1, -0.05) is 35.0 Å². The van der Waals surface area contributed by atoms with Gasteiger partial charge in [0.15, 0.2) is 0 Å². The highest BCUT2D eigenvalue weighted by Crippen LogP contribution is 2.19. The standard InChI is InChI=1S/C16H17BrN2O3S/c1-2-4-14-18-8-13(23-14)16(22)19(10-15(20)21)9-11-5-3-6-12(17)7-11/h3,5-8H,2,4,9-10H2,1H3,(H,20,21). The van der Waals surface area contributed by atoms with Crippen LogP contribution in [0.5, 0.6) is 0 Å². The molecule has 2 aromatic rings. The first kappa shape index (κ1) is 17.6. The molecule has 1 aromatic carbocycles. The van der Waals surface area contributed by atoms with E-state index < -0.39 is 5.97 Å². The summed E-state index contributed by atoms with van der Waals surface area (Å²) in [6.07, 6.45) is 3.31. The van der Waals surface area contributed by atoms with Gasteiger partial charge in [-0.3, -0.25) is 9.59 Å². The first-order valence-corrected chi connectivity index (χ1v) is 8.80. The molecule has 1 amide bonds. The molecular weight excluding hydrogens is 380 g/mol.